The van der Waals surface area contributed by atoms with Gasteiger partial charge in [-0.2, -0.15) is 0 Å². The van der Waals surface area contributed by atoms with Crippen molar-refractivity contribution in [1.29, 1.82) is 0 Å². The predicted molar refractivity (Wildman–Crippen MR) is 128 cm³/mol. The van der Waals surface area contributed by atoms with Crippen molar-refractivity contribution in [3.8, 4) is 0 Å². The first-order valence-corrected chi connectivity index (χ1v) is 12.1. The molecule has 1 N–H and O–H groups in total. The van der Waals surface area contributed by atoms with Crippen LogP contribution in [-0.4, -0.2) is 44.8 Å². The molecule has 3 aromatic carbocycles. The maximum absolute atomic E-state index is 13.5. The standard InChI is InChI=1S/C25H26FN3O4S/c1-19(25(31)27-2)28(17-20-9-5-3-6-10-20)24(30)18-29(22-15-13-21(26)14-16-22)34(32,33)23-11-7-4-8-12-23/h3-16,19H,17-18H2,1-2H3,(H,27,31)/t19-/m1/s1. The summed E-state index contributed by atoms with van der Waals surface area (Å²) in [4.78, 5) is 27.2. The molecule has 0 radical (unpaired) electrons. The Balaban J connectivity index is 2.00. The van der Waals surface area contributed by atoms with E-state index in [0.717, 1.165) is 22.0 Å². The van der Waals surface area contributed by atoms with Gasteiger partial charge in [0.05, 0.1) is 10.6 Å². The van der Waals surface area contributed by atoms with Gasteiger partial charge >= 0.3 is 0 Å². The number of rotatable bonds is 9. The summed E-state index contributed by atoms with van der Waals surface area (Å²) in [5.41, 5.74) is 0.914. The molecule has 0 saturated heterocycles. The smallest absolute Gasteiger partial charge is 0.264 e. The van der Waals surface area contributed by atoms with Crippen molar-refractivity contribution < 1.29 is 22.4 Å². The van der Waals surface area contributed by atoms with Gasteiger partial charge in [0.2, 0.25) is 11.8 Å². The SMILES string of the molecule is CNC(=O)[C@@H](C)N(Cc1ccccc1)C(=O)CN(c1ccc(F)cc1)S(=O)(=O)c1ccccc1. The molecule has 3 rings (SSSR count). The van der Waals surface area contributed by atoms with Crippen LogP contribution in [0.25, 0.3) is 0 Å². The number of sulfonamides is 1. The number of halogens is 1. The maximum atomic E-state index is 13.5. The summed E-state index contributed by atoms with van der Waals surface area (Å²) in [5, 5.41) is 2.53. The molecule has 0 heterocycles. The molecule has 0 bridgehead atoms. The van der Waals surface area contributed by atoms with Crippen molar-refractivity contribution in [1.82, 2.24) is 10.2 Å². The minimum absolute atomic E-state index is 0.0129. The number of carbonyl (C=O) groups excluding carboxylic acids is 2. The van der Waals surface area contributed by atoms with Crippen LogP contribution in [0.2, 0.25) is 0 Å². The van der Waals surface area contributed by atoms with Crippen LogP contribution in [0.5, 0.6) is 0 Å². The van der Waals surface area contributed by atoms with Gasteiger partial charge in [-0.05, 0) is 48.9 Å². The average molecular weight is 484 g/mol. The molecular formula is C25H26FN3O4S. The van der Waals surface area contributed by atoms with E-state index in [0.29, 0.717) is 0 Å². The lowest BCUT2D eigenvalue weighted by atomic mass is 10.1. The van der Waals surface area contributed by atoms with Crippen LogP contribution in [0.4, 0.5) is 10.1 Å². The molecule has 2 amide bonds. The topological polar surface area (TPSA) is 86.8 Å². The first-order chi connectivity index (χ1) is 16.2. The zero-order valence-electron chi connectivity index (χ0n) is 18.9. The van der Waals surface area contributed by atoms with E-state index in [1.54, 1.807) is 25.1 Å². The Morgan fingerprint density at radius 2 is 1.47 bits per heavy atom. The van der Waals surface area contributed by atoms with Crippen LogP contribution < -0.4 is 9.62 Å². The third-order valence-electron chi connectivity index (χ3n) is 5.33. The highest BCUT2D eigenvalue weighted by atomic mass is 32.2. The van der Waals surface area contributed by atoms with E-state index in [4.69, 9.17) is 0 Å². The largest absolute Gasteiger partial charge is 0.357 e. The van der Waals surface area contributed by atoms with Crippen LogP contribution >= 0.6 is 0 Å². The summed E-state index contributed by atoms with van der Waals surface area (Å²) in [7, 11) is -2.69. The molecule has 0 unspecified atom stereocenters. The molecular weight excluding hydrogens is 457 g/mol. The van der Waals surface area contributed by atoms with Crippen LogP contribution in [-0.2, 0) is 26.2 Å². The van der Waals surface area contributed by atoms with E-state index in [9.17, 15) is 22.4 Å². The highest BCUT2D eigenvalue weighted by Crippen LogP contribution is 2.24. The van der Waals surface area contributed by atoms with Gasteiger partial charge in [-0.1, -0.05) is 48.5 Å². The van der Waals surface area contributed by atoms with Crippen molar-refractivity contribution in [2.24, 2.45) is 0 Å². The highest BCUT2D eigenvalue weighted by Gasteiger charge is 2.32. The van der Waals surface area contributed by atoms with Gasteiger partial charge in [0.25, 0.3) is 10.0 Å². The van der Waals surface area contributed by atoms with Crippen LogP contribution in [0.15, 0.2) is 89.8 Å². The number of amides is 2. The molecule has 0 aliphatic rings. The van der Waals surface area contributed by atoms with Crippen molar-refractivity contribution >= 4 is 27.5 Å². The fourth-order valence-electron chi connectivity index (χ4n) is 3.43. The van der Waals surface area contributed by atoms with Gasteiger partial charge in [0.1, 0.15) is 18.4 Å². The van der Waals surface area contributed by atoms with Gasteiger partial charge in [0.15, 0.2) is 0 Å². The fourth-order valence-corrected chi connectivity index (χ4v) is 4.86. The molecule has 0 spiro atoms. The Hall–Kier alpha value is -3.72. The van der Waals surface area contributed by atoms with E-state index in [1.807, 2.05) is 30.3 Å². The molecule has 0 saturated carbocycles. The Labute approximate surface area is 198 Å². The summed E-state index contributed by atoms with van der Waals surface area (Å²) in [5.74, 6) is -1.50. The lowest BCUT2D eigenvalue weighted by Gasteiger charge is -2.31. The minimum atomic E-state index is -4.16. The Kier molecular flexibility index (Phi) is 8.01. The van der Waals surface area contributed by atoms with Crippen molar-refractivity contribution in [2.45, 2.75) is 24.4 Å². The number of likely N-dealkylation sites (N-methyl/N-ethyl adjacent to an activating group) is 1. The van der Waals surface area contributed by atoms with E-state index in [-0.39, 0.29) is 23.0 Å². The highest BCUT2D eigenvalue weighted by molar-refractivity contribution is 7.92. The Bertz CT molecular complexity index is 1220. The fraction of sp³-hybridized carbons (Fsp3) is 0.200. The van der Waals surface area contributed by atoms with Gasteiger partial charge in [-0.25, -0.2) is 12.8 Å². The summed E-state index contributed by atoms with van der Waals surface area (Å²) in [6.07, 6.45) is 0. The summed E-state index contributed by atoms with van der Waals surface area (Å²) in [6.45, 7) is 1.11. The molecule has 0 aliphatic carbocycles. The zero-order chi connectivity index (χ0) is 24.7. The van der Waals surface area contributed by atoms with Crippen molar-refractivity contribution in [3.63, 3.8) is 0 Å². The van der Waals surface area contributed by atoms with Gasteiger partial charge in [0, 0.05) is 13.6 Å². The van der Waals surface area contributed by atoms with Crippen LogP contribution in [0.3, 0.4) is 0 Å². The van der Waals surface area contributed by atoms with Crippen molar-refractivity contribution in [3.05, 3.63) is 96.3 Å². The number of carbonyl (C=O) groups is 2. The van der Waals surface area contributed by atoms with Crippen LogP contribution in [0.1, 0.15) is 12.5 Å². The monoisotopic (exact) mass is 483 g/mol. The van der Waals surface area contributed by atoms with E-state index in [1.165, 1.54) is 36.2 Å². The molecule has 178 valence electrons. The molecule has 0 aliphatic heterocycles. The lowest BCUT2D eigenvalue weighted by molar-refractivity contribution is -0.139. The normalized spacial score (nSPS) is 12.0. The number of hydrogen-bond acceptors (Lipinski definition) is 4. The molecule has 34 heavy (non-hydrogen) atoms. The van der Waals surface area contributed by atoms with E-state index in [2.05, 4.69) is 5.32 Å². The molecule has 0 aromatic heterocycles. The third-order valence-corrected chi connectivity index (χ3v) is 7.12. The summed E-state index contributed by atoms with van der Waals surface area (Å²) < 4.78 is 41.4. The summed E-state index contributed by atoms with van der Waals surface area (Å²) in [6, 6.07) is 20.8. The van der Waals surface area contributed by atoms with Gasteiger partial charge < -0.3 is 10.2 Å². The molecule has 3 aromatic rings. The Morgan fingerprint density at radius 1 is 0.912 bits per heavy atom. The van der Waals surface area contributed by atoms with E-state index >= 15 is 0 Å². The summed E-state index contributed by atoms with van der Waals surface area (Å²) >= 11 is 0. The Morgan fingerprint density at radius 3 is 2.03 bits per heavy atom. The first kappa shape index (κ1) is 24.9. The quantitative estimate of drug-likeness (QED) is 0.507. The molecule has 1 atom stereocenters. The number of benzene rings is 3. The second-order valence-electron chi connectivity index (χ2n) is 7.60. The second kappa shape index (κ2) is 10.9. The number of nitrogens with one attached hydrogen (secondary N) is 1. The maximum Gasteiger partial charge on any atom is 0.264 e. The average Bonchev–Trinajstić information content (AvgIpc) is 2.86. The minimum Gasteiger partial charge on any atom is -0.357 e. The number of hydrogen-bond donors (Lipinski definition) is 1. The molecule has 7 nitrogen and oxygen atoms in total. The van der Waals surface area contributed by atoms with E-state index < -0.39 is 34.3 Å². The lowest BCUT2D eigenvalue weighted by Crippen LogP contribution is -2.50. The predicted octanol–water partition coefficient (Wildman–Crippen LogP) is 3.18. The van der Waals surface area contributed by atoms with Gasteiger partial charge in [-0.15, -0.1) is 0 Å². The van der Waals surface area contributed by atoms with Crippen molar-refractivity contribution in [2.75, 3.05) is 17.9 Å². The number of anilines is 1. The zero-order valence-corrected chi connectivity index (χ0v) is 19.7. The first-order valence-electron chi connectivity index (χ1n) is 10.6. The van der Waals surface area contributed by atoms with Gasteiger partial charge in [-0.3, -0.25) is 13.9 Å². The second-order valence-corrected chi connectivity index (χ2v) is 9.46. The molecule has 0 fully saturated rings. The number of nitrogens with zero attached hydrogens (tertiary/aromatic N) is 2. The third kappa shape index (κ3) is 5.79. The molecule has 9 heteroatoms. The van der Waals surface area contributed by atoms with Crippen LogP contribution in [0, 0.1) is 5.82 Å².